The molecular weight excluding hydrogens is 304 g/mol. The van der Waals surface area contributed by atoms with Crippen molar-refractivity contribution in [2.45, 2.75) is 4.90 Å². The minimum atomic E-state index is -4.44. The Labute approximate surface area is 119 Å². The lowest BCUT2D eigenvalue weighted by Crippen LogP contribution is -2.04. The maximum absolute atomic E-state index is 11.0. The lowest BCUT2D eigenvalue weighted by atomic mass is 10.2. The van der Waals surface area contributed by atoms with E-state index >= 15 is 0 Å². The summed E-state index contributed by atoms with van der Waals surface area (Å²) < 4.78 is 30.9. The van der Waals surface area contributed by atoms with Crippen LogP contribution in [0.15, 0.2) is 34.4 Å². The Bertz CT molecular complexity index is 794. The number of allylic oxidation sites excluding steroid dienone is 2. The number of benzene rings is 1. The lowest BCUT2D eigenvalue weighted by Gasteiger charge is -2.08. The van der Waals surface area contributed by atoms with Crippen molar-refractivity contribution >= 4 is 27.4 Å². The molecule has 9 heteroatoms. The minimum absolute atomic E-state index is 0.0404. The number of nitrogens with zero attached hydrogens (tertiary/aromatic N) is 3. The van der Waals surface area contributed by atoms with E-state index in [9.17, 15) is 8.42 Å². The Balaban J connectivity index is 3.37. The van der Waals surface area contributed by atoms with Gasteiger partial charge in [-0.3, -0.25) is 4.55 Å². The molecule has 1 aromatic rings. The van der Waals surface area contributed by atoms with Crippen molar-refractivity contribution in [3.63, 3.8) is 0 Å². The van der Waals surface area contributed by atoms with Gasteiger partial charge in [0.25, 0.3) is 10.1 Å². The summed E-state index contributed by atoms with van der Waals surface area (Å²) in [5, 5.41) is 28.6. The van der Waals surface area contributed by atoms with Gasteiger partial charge in [0.15, 0.2) is 5.57 Å². The van der Waals surface area contributed by atoms with Crippen molar-refractivity contribution < 1.29 is 13.0 Å². The van der Waals surface area contributed by atoms with Crippen LogP contribution in [0.5, 0.6) is 0 Å². The molecule has 0 amide bonds. The van der Waals surface area contributed by atoms with E-state index in [1.165, 1.54) is 18.2 Å². The molecule has 0 heterocycles. The second-order valence-corrected chi connectivity index (χ2v) is 5.16. The van der Waals surface area contributed by atoms with E-state index in [0.717, 1.165) is 12.1 Å². The highest BCUT2D eigenvalue weighted by atomic mass is 35.5. The first kappa shape index (κ1) is 15.5. The van der Waals surface area contributed by atoms with E-state index in [-0.39, 0.29) is 16.4 Å². The average molecular weight is 309 g/mol. The molecule has 0 aromatic heterocycles. The van der Waals surface area contributed by atoms with Crippen LogP contribution in [0.3, 0.4) is 0 Å². The monoisotopic (exact) mass is 308 g/mol. The topological polar surface area (TPSA) is 138 Å². The summed E-state index contributed by atoms with van der Waals surface area (Å²) in [6.07, 6.45) is 0. The Kier molecular flexibility index (Phi) is 4.68. The summed E-state index contributed by atoms with van der Waals surface area (Å²) in [7, 11) is -4.44. The summed E-state index contributed by atoms with van der Waals surface area (Å²) in [5.74, 6) is 0. The van der Waals surface area contributed by atoms with Crippen molar-refractivity contribution in [1.82, 2.24) is 0 Å². The van der Waals surface area contributed by atoms with Gasteiger partial charge in [0.1, 0.15) is 23.9 Å². The number of rotatable bonds is 3. The number of hydrogen-bond donors (Lipinski definition) is 2. The van der Waals surface area contributed by atoms with E-state index in [2.05, 4.69) is 5.32 Å². The van der Waals surface area contributed by atoms with Gasteiger partial charge < -0.3 is 5.32 Å². The van der Waals surface area contributed by atoms with Crippen molar-refractivity contribution in [3.05, 3.63) is 34.5 Å². The molecule has 100 valence electrons. The molecule has 0 aliphatic carbocycles. The SMILES string of the molecule is N#CC(C#N)=C(C#N)Nc1cc(S(=O)(=O)O)ccc1Cl. The van der Waals surface area contributed by atoms with E-state index in [4.69, 9.17) is 31.9 Å². The molecular formula is C11H5ClN4O3S. The maximum atomic E-state index is 11.0. The van der Waals surface area contributed by atoms with Crippen LogP contribution in [-0.4, -0.2) is 13.0 Å². The van der Waals surface area contributed by atoms with Gasteiger partial charge in [-0.1, -0.05) is 11.6 Å². The van der Waals surface area contributed by atoms with E-state index in [1.54, 1.807) is 6.07 Å². The molecule has 0 atom stereocenters. The van der Waals surface area contributed by atoms with Crippen LogP contribution >= 0.6 is 11.6 Å². The molecule has 1 rings (SSSR count). The van der Waals surface area contributed by atoms with Gasteiger partial charge in [0.2, 0.25) is 0 Å². The van der Waals surface area contributed by atoms with Gasteiger partial charge in [-0.05, 0) is 18.2 Å². The predicted molar refractivity (Wildman–Crippen MR) is 68.8 cm³/mol. The Morgan fingerprint density at radius 3 is 2.25 bits per heavy atom. The Morgan fingerprint density at radius 2 is 1.80 bits per heavy atom. The van der Waals surface area contributed by atoms with Crippen molar-refractivity contribution in [3.8, 4) is 18.2 Å². The first-order valence-corrected chi connectivity index (χ1v) is 6.64. The highest BCUT2D eigenvalue weighted by Gasteiger charge is 2.14. The molecule has 0 unspecified atom stereocenters. The molecule has 7 nitrogen and oxygen atoms in total. The molecule has 0 aliphatic heterocycles. The fraction of sp³-hybridized carbons (Fsp3) is 0. The Morgan fingerprint density at radius 1 is 1.20 bits per heavy atom. The van der Waals surface area contributed by atoms with Crippen LogP contribution in [0, 0.1) is 34.0 Å². The summed E-state index contributed by atoms with van der Waals surface area (Å²) in [5.41, 5.74) is -0.911. The summed E-state index contributed by atoms with van der Waals surface area (Å²) in [6.45, 7) is 0. The summed E-state index contributed by atoms with van der Waals surface area (Å²) in [4.78, 5) is -0.447. The van der Waals surface area contributed by atoms with Gasteiger partial charge in [-0.15, -0.1) is 0 Å². The van der Waals surface area contributed by atoms with Crippen LogP contribution in [0.1, 0.15) is 0 Å². The van der Waals surface area contributed by atoms with Crippen LogP contribution in [0.2, 0.25) is 5.02 Å². The third kappa shape index (κ3) is 3.47. The first-order chi connectivity index (χ1) is 9.33. The molecule has 1 aromatic carbocycles. The zero-order valence-electron chi connectivity index (χ0n) is 9.62. The summed E-state index contributed by atoms with van der Waals surface area (Å²) >= 11 is 5.80. The number of nitrogens with one attached hydrogen (secondary N) is 1. The van der Waals surface area contributed by atoms with Gasteiger partial charge >= 0.3 is 0 Å². The number of nitriles is 3. The number of anilines is 1. The van der Waals surface area contributed by atoms with Crippen LogP contribution in [0.25, 0.3) is 0 Å². The third-order valence-corrected chi connectivity index (χ3v) is 3.26. The average Bonchev–Trinajstić information content (AvgIpc) is 2.39. The smallest absolute Gasteiger partial charge is 0.294 e. The Hall–Kier alpha value is -2.57. The fourth-order valence-corrected chi connectivity index (χ4v) is 1.85. The van der Waals surface area contributed by atoms with Gasteiger partial charge in [-0.25, -0.2) is 0 Å². The molecule has 0 fully saturated rings. The highest BCUT2D eigenvalue weighted by Crippen LogP contribution is 2.26. The largest absolute Gasteiger partial charge is 0.344 e. The number of halogens is 1. The first-order valence-electron chi connectivity index (χ1n) is 4.82. The molecule has 0 saturated heterocycles. The van der Waals surface area contributed by atoms with Crippen molar-refractivity contribution in [2.24, 2.45) is 0 Å². The second kappa shape index (κ2) is 6.05. The summed E-state index contributed by atoms with van der Waals surface area (Å²) in [6, 6.07) is 7.83. The minimum Gasteiger partial charge on any atom is -0.344 e. The quantitative estimate of drug-likeness (QED) is 0.641. The zero-order valence-corrected chi connectivity index (χ0v) is 11.2. The molecule has 20 heavy (non-hydrogen) atoms. The lowest BCUT2D eigenvalue weighted by molar-refractivity contribution is 0.483. The van der Waals surface area contributed by atoms with Crippen molar-refractivity contribution in [2.75, 3.05) is 5.32 Å². The third-order valence-electron chi connectivity index (χ3n) is 2.08. The number of hydrogen-bond acceptors (Lipinski definition) is 6. The van der Waals surface area contributed by atoms with E-state index in [1.807, 2.05) is 0 Å². The van der Waals surface area contributed by atoms with E-state index in [0.29, 0.717) is 0 Å². The van der Waals surface area contributed by atoms with Crippen LogP contribution in [-0.2, 0) is 10.1 Å². The zero-order chi connectivity index (χ0) is 15.3. The molecule has 0 radical (unpaired) electrons. The molecule has 0 bridgehead atoms. The fourth-order valence-electron chi connectivity index (χ4n) is 1.18. The second-order valence-electron chi connectivity index (χ2n) is 3.33. The van der Waals surface area contributed by atoms with Gasteiger partial charge in [0.05, 0.1) is 15.6 Å². The maximum Gasteiger partial charge on any atom is 0.294 e. The van der Waals surface area contributed by atoms with Crippen LogP contribution < -0.4 is 5.32 Å². The predicted octanol–water partition coefficient (Wildman–Crippen LogP) is 1.82. The normalized spacial score (nSPS) is 9.75. The van der Waals surface area contributed by atoms with Crippen LogP contribution in [0.4, 0.5) is 5.69 Å². The standard InChI is InChI=1S/C11H5ClN4O3S/c12-9-2-1-8(20(17,18)19)3-10(9)16-11(6-15)7(4-13)5-14/h1-3,16H,(H,17,18,19). The van der Waals surface area contributed by atoms with E-state index < -0.39 is 20.6 Å². The van der Waals surface area contributed by atoms with Gasteiger partial charge in [-0.2, -0.15) is 24.2 Å². The molecule has 0 aliphatic rings. The van der Waals surface area contributed by atoms with Gasteiger partial charge in [0, 0.05) is 0 Å². The molecule has 2 N–H and O–H groups in total. The van der Waals surface area contributed by atoms with Crippen molar-refractivity contribution in [1.29, 1.82) is 15.8 Å². The molecule has 0 saturated carbocycles. The molecule has 0 spiro atoms. The highest BCUT2D eigenvalue weighted by molar-refractivity contribution is 7.85.